The highest BCUT2D eigenvalue weighted by molar-refractivity contribution is 6.30. The van der Waals surface area contributed by atoms with Crippen LogP contribution in [0.3, 0.4) is 0 Å². The van der Waals surface area contributed by atoms with E-state index in [-0.39, 0.29) is 5.82 Å². The van der Waals surface area contributed by atoms with Gasteiger partial charge in [-0.05, 0) is 62.2 Å². The number of hydrogen-bond donors (Lipinski definition) is 1. The third kappa shape index (κ3) is 4.70. The van der Waals surface area contributed by atoms with Crippen LogP contribution in [0.2, 0.25) is 5.02 Å². The van der Waals surface area contributed by atoms with Crippen molar-refractivity contribution in [2.75, 3.05) is 18.9 Å². The van der Waals surface area contributed by atoms with Crippen LogP contribution in [-0.2, 0) is 0 Å². The van der Waals surface area contributed by atoms with Crippen molar-refractivity contribution in [3.8, 4) is 0 Å². The predicted molar refractivity (Wildman–Crippen MR) is 97.1 cm³/mol. The topological polar surface area (TPSA) is 27.6 Å². The normalized spacial score (nSPS) is 11.0. The van der Waals surface area contributed by atoms with E-state index in [4.69, 9.17) is 11.6 Å². The van der Waals surface area contributed by atoms with Crippen molar-refractivity contribution in [1.29, 1.82) is 0 Å². The number of nitrogens with one attached hydrogen (secondary N) is 1. The molecule has 0 heterocycles. The Morgan fingerprint density at radius 1 is 1.17 bits per heavy atom. The molecule has 2 aromatic rings. The summed E-state index contributed by atoms with van der Waals surface area (Å²) in [4.78, 5) is 6.52. The second-order valence-corrected chi connectivity index (χ2v) is 5.99. The summed E-state index contributed by atoms with van der Waals surface area (Å²) in [6.07, 6.45) is 1.82. The third-order valence-corrected chi connectivity index (χ3v) is 3.80. The highest BCUT2D eigenvalue weighted by atomic mass is 35.5. The van der Waals surface area contributed by atoms with Gasteiger partial charge in [0.05, 0.1) is 12.0 Å². The van der Waals surface area contributed by atoms with Crippen LogP contribution in [0.15, 0.2) is 35.3 Å². The van der Waals surface area contributed by atoms with Gasteiger partial charge in [0, 0.05) is 30.0 Å². The Hall–Kier alpha value is -2.07. The maximum absolute atomic E-state index is 13.4. The first-order valence-corrected chi connectivity index (χ1v) is 7.85. The maximum Gasteiger partial charge on any atom is 0.126 e. The molecular weight excluding hydrogens is 313 g/mol. The van der Waals surface area contributed by atoms with Gasteiger partial charge in [-0.25, -0.2) is 9.38 Å². The Balaban J connectivity index is 2.27. The van der Waals surface area contributed by atoms with Crippen LogP contribution in [0.25, 0.3) is 0 Å². The number of anilines is 2. The summed E-state index contributed by atoms with van der Waals surface area (Å²) in [5.41, 5.74) is 4.53. The van der Waals surface area contributed by atoms with Crippen molar-refractivity contribution in [3.63, 3.8) is 0 Å². The van der Waals surface area contributed by atoms with Gasteiger partial charge in [0.25, 0.3) is 0 Å². The molecule has 0 unspecified atom stereocenters. The molecule has 0 atom stereocenters. The van der Waals surface area contributed by atoms with Crippen LogP contribution in [0, 0.1) is 19.7 Å². The van der Waals surface area contributed by atoms with Gasteiger partial charge in [0.2, 0.25) is 0 Å². The first kappa shape index (κ1) is 17.3. The second kappa shape index (κ2) is 7.47. The van der Waals surface area contributed by atoms with Gasteiger partial charge in [-0.3, -0.25) is 0 Å². The monoisotopic (exact) mass is 333 g/mol. The molecule has 0 fully saturated rings. The van der Waals surface area contributed by atoms with Gasteiger partial charge in [0.1, 0.15) is 5.82 Å². The standard InChI is InChI=1S/C18H21ClFN3/c1-5-23(4)11-21-17-6-13(3)18(7-12(17)2)22-16-9-14(19)8-15(20)10-16/h6-11,22H,5H2,1-4H3/b21-11-. The summed E-state index contributed by atoms with van der Waals surface area (Å²) in [6.45, 7) is 6.97. The third-order valence-electron chi connectivity index (χ3n) is 3.58. The molecule has 2 rings (SSSR count). The summed E-state index contributed by atoms with van der Waals surface area (Å²) < 4.78 is 13.4. The molecule has 3 nitrogen and oxygen atoms in total. The lowest BCUT2D eigenvalue weighted by molar-refractivity contribution is 0.552. The zero-order valence-electron chi connectivity index (χ0n) is 13.8. The van der Waals surface area contributed by atoms with E-state index in [1.165, 1.54) is 12.1 Å². The van der Waals surface area contributed by atoms with E-state index in [1.807, 2.05) is 44.3 Å². The van der Waals surface area contributed by atoms with Crippen LogP contribution in [0.5, 0.6) is 0 Å². The Labute approximate surface area is 141 Å². The van der Waals surface area contributed by atoms with E-state index in [1.54, 1.807) is 6.07 Å². The average molecular weight is 334 g/mol. The summed E-state index contributed by atoms with van der Waals surface area (Å²) in [5.74, 6) is -0.363. The molecule has 0 bridgehead atoms. The van der Waals surface area contributed by atoms with E-state index in [0.29, 0.717) is 10.7 Å². The zero-order chi connectivity index (χ0) is 17.0. The average Bonchev–Trinajstić information content (AvgIpc) is 2.47. The minimum absolute atomic E-state index is 0.363. The summed E-state index contributed by atoms with van der Waals surface area (Å²) in [7, 11) is 1.98. The van der Waals surface area contributed by atoms with Crippen molar-refractivity contribution in [1.82, 2.24) is 4.90 Å². The number of benzene rings is 2. The number of rotatable bonds is 5. The fourth-order valence-electron chi connectivity index (χ4n) is 2.10. The largest absolute Gasteiger partial charge is 0.366 e. The van der Waals surface area contributed by atoms with Gasteiger partial charge in [-0.15, -0.1) is 0 Å². The fourth-order valence-corrected chi connectivity index (χ4v) is 2.32. The molecule has 0 saturated carbocycles. The molecule has 23 heavy (non-hydrogen) atoms. The molecule has 122 valence electrons. The molecule has 0 amide bonds. The van der Waals surface area contributed by atoms with Gasteiger partial charge in [-0.1, -0.05) is 11.6 Å². The number of nitrogens with zero attached hydrogens (tertiary/aromatic N) is 2. The van der Waals surface area contributed by atoms with Crippen LogP contribution in [-0.4, -0.2) is 24.8 Å². The van der Waals surface area contributed by atoms with E-state index in [9.17, 15) is 4.39 Å². The summed E-state index contributed by atoms with van der Waals surface area (Å²) >= 11 is 5.89. The molecule has 1 N–H and O–H groups in total. The smallest absolute Gasteiger partial charge is 0.126 e. The molecule has 2 aromatic carbocycles. The highest BCUT2D eigenvalue weighted by Crippen LogP contribution is 2.29. The minimum Gasteiger partial charge on any atom is -0.366 e. The lowest BCUT2D eigenvalue weighted by Crippen LogP contribution is -2.14. The van der Waals surface area contributed by atoms with Crippen molar-refractivity contribution < 1.29 is 4.39 Å². The number of hydrogen-bond acceptors (Lipinski definition) is 2. The van der Waals surface area contributed by atoms with Crippen LogP contribution in [0.1, 0.15) is 18.1 Å². The van der Waals surface area contributed by atoms with Crippen LogP contribution in [0.4, 0.5) is 21.5 Å². The van der Waals surface area contributed by atoms with Gasteiger partial charge in [-0.2, -0.15) is 0 Å². The maximum atomic E-state index is 13.4. The van der Waals surface area contributed by atoms with Crippen molar-refractivity contribution in [2.45, 2.75) is 20.8 Å². The van der Waals surface area contributed by atoms with E-state index in [0.717, 1.165) is 29.0 Å². The van der Waals surface area contributed by atoms with Crippen LogP contribution >= 0.6 is 11.6 Å². The Kier molecular flexibility index (Phi) is 5.61. The molecule has 0 spiro atoms. The summed E-state index contributed by atoms with van der Waals surface area (Å²) in [5, 5.41) is 3.58. The quantitative estimate of drug-likeness (QED) is 0.582. The van der Waals surface area contributed by atoms with E-state index >= 15 is 0 Å². The molecule has 0 aliphatic heterocycles. The number of halogens is 2. The first-order chi connectivity index (χ1) is 10.9. The first-order valence-electron chi connectivity index (χ1n) is 7.48. The highest BCUT2D eigenvalue weighted by Gasteiger charge is 2.06. The molecule has 0 aliphatic rings. The van der Waals surface area contributed by atoms with Gasteiger partial charge < -0.3 is 10.2 Å². The fraction of sp³-hybridized carbons (Fsp3) is 0.278. The second-order valence-electron chi connectivity index (χ2n) is 5.55. The molecule has 0 radical (unpaired) electrons. The lowest BCUT2D eigenvalue weighted by Gasteiger charge is -2.14. The van der Waals surface area contributed by atoms with Gasteiger partial charge >= 0.3 is 0 Å². The lowest BCUT2D eigenvalue weighted by atomic mass is 10.1. The predicted octanol–water partition coefficient (Wildman–Crippen LogP) is 5.45. The van der Waals surface area contributed by atoms with E-state index < -0.39 is 0 Å². The Morgan fingerprint density at radius 3 is 2.57 bits per heavy atom. The summed E-state index contributed by atoms with van der Waals surface area (Å²) in [6, 6.07) is 8.42. The molecule has 0 aromatic heterocycles. The van der Waals surface area contributed by atoms with Gasteiger partial charge in [0.15, 0.2) is 0 Å². The van der Waals surface area contributed by atoms with E-state index in [2.05, 4.69) is 17.2 Å². The van der Waals surface area contributed by atoms with Crippen LogP contribution < -0.4 is 5.32 Å². The number of aliphatic imine (C=N–C) groups is 1. The van der Waals surface area contributed by atoms with Crippen molar-refractivity contribution in [2.24, 2.45) is 4.99 Å². The Morgan fingerprint density at radius 2 is 1.91 bits per heavy atom. The number of aryl methyl sites for hydroxylation is 2. The molecule has 0 aliphatic carbocycles. The molecule has 5 heteroatoms. The molecule has 0 saturated heterocycles. The minimum atomic E-state index is -0.363. The van der Waals surface area contributed by atoms with Crippen molar-refractivity contribution >= 4 is 35.0 Å². The SMILES string of the molecule is CCN(C)/C=N\c1cc(C)c(Nc2cc(F)cc(Cl)c2)cc1C. The molecular formula is C18H21ClFN3. The zero-order valence-corrected chi connectivity index (χ0v) is 14.6. The van der Waals surface area contributed by atoms with Crippen molar-refractivity contribution in [3.05, 3.63) is 52.3 Å². The Bertz CT molecular complexity index is 708.